The van der Waals surface area contributed by atoms with Crippen molar-refractivity contribution >= 4 is 33.5 Å². The van der Waals surface area contributed by atoms with Gasteiger partial charge in [0.15, 0.2) is 0 Å². The molecule has 0 bridgehead atoms. The van der Waals surface area contributed by atoms with Crippen molar-refractivity contribution in [2.45, 2.75) is 17.9 Å². The zero-order valence-electron chi connectivity index (χ0n) is 17.1. The van der Waals surface area contributed by atoms with Crippen LogP contribution in [0.1, 0.15) is 31.8 Å². The number of carbonyl (C=O) groups is 3. The molecule has 0 aromatic heterocycles. The van der Waals surface area contributed by atoms with E-state index in [2.05, 4.69) is 4.72 Å². The van der Waals surface area contributed by atoms with Crippen LogP contribution in [0.15, 0.2) is 71.6 Å². The van der Waals surface area contributed by atoms with Gasteiger partial charge in [0.25, 0.3) is 21.8 Å². The maximum Gasteiger partial charge on any atom is 0.307 e. The number of phenols is 1. The van der Waals surface area contributed by atoms with Crippen molar-refractivity contribution in [1.29, 1.82) is 0 Å². The van der Waals surface area contributed by atoms with Gasteiger partial charge in [-0.25, -0.2) is 8.42 Å². The van der Waals surface area contributed by atoms with E-state index in [1.807, 2.05) is 0 Å². The number of nitrogens with zero attached hydrogens (tertiary/aromatic N) is 1. The molecule has 168 valence electrons. The van der Waals surface area contributed by atoms with Crippen molar-refractivity contribution < 1.29 is 33.0 Å². The Hall–Kier alpha value is -4.18. The van der Waals surface area contributed by atoms with Crippen molar-refractivity contribution in [3.05, 3.63) is 89.0 Å². The molecule has 1 aliphatic rings. The number of carboxylic acid groups (broad SMARTS) is 1. The Kier molecular flexibility index (Phi) is 5.60. The maximum atomic E-state index is 12.7. The normalized spacial score (nSPS) is 13.2. The average Bonchev–Trinajstić information content (AvgIpc) is 3.01. The van der Waals surface area contributed by atoms with Crippen LogP contribution in [0.3, 0.4) is 0 Å². The maximum absolute atomic E-state index is 12.7. The first-order chi connectivity index (χ1) is 15.7. The summed E-state index contributed by atoms with van der Waals surface area (Å²) in [6.07, 6.45) is -0.332. The average molecular weight is 466 g/mol. The van der Waals surface area contributed by atoms with E-state index in [9.17, 15) is 27.9 Å². The highest BCUT2D eigenvalue weighted by molar-refractivity contribution is 7.92. The standard InChI is InChI=1S/C23H18N2O7S/c26-20-10-7-15(12-21(27)28)11-19(20)24-33(31,32)16-8-5-14(6-9-16)13-25-22(29)17-3-1-2-4-18(17)23(25)30/h1-11,24,26H,12-13H2,(H,27,28). The number of phenolic OH excluding ortho intramolecular Hbond substituents is 1. The summed E-state index contributed by atoms with van der Waals surface area (Å²) >= 11 is 0. The Labute approximate surface area is 189 Å². The molecule has 3 N–H and O–H groups in total. The molecule has 0 unspecified atom stereocenters. The number of anilines is 1. The van der Waals surface area contributed by atoms with Gasteiger partial charge in [0.2, 0.25) is 0 Å². The fourth-order valence-electron chi connectivity index (χ4n) is 3.49. The van der Waals surface area contributed by atoms with Gasteiger partial charge in [-0.3, -0.25) is 24.0 Å². The van der Waals surface area contributed by atoms with E-state index in [1.165, 1.54) is 42.5 Å². The highest BCUT2D eigenvalue weighted by atomic mass is 32.2. The molecule has 0 fully saturated rings. The predicted molar refractivity (Wildman–Crippen MR) is 117 cm³/mol. The molecule has 0 spiro atoms. The third kappa shape index (κ3) is 4.41. The Morgan fingerprint density at radius 3 is 2.03 bits per heavy atom. The number of imide groups is 1. The lowest BCUT2D eigenvalue weighted by molar-refractivity contribution is -0.136. The molecule has 0 atom stereocenters. The smallest absolute Gasteiger partial charge is 0.307 e. The zero-order chi connectivity index (χ0) is 23.8. The van der Waals surface area contributed by atoms with Gasteiger partial charge in [0.05, 0.1) is 34.7 Å². The van der Waals surface area contributed by atoms with Crippen molar-refractivity contribution in [2.24, 2.45) is 0 Å². The van der Waals surface area contributed by atoms with Crippen LogP contribution < -0.4 is 4.72 Å². The molecule has 0 saturated carbocycles. The first-order valence-corrected chi connectivity index (χ1v) is 11.2. The summed E-state index contributed by atoms with van der Waals surface area (Å²) < 4.78 is 27.7. The highest BCUT2D eigenvalue weighted by Gasteiger charge is 2.35. The number of nitrogens with one attached hydrogen (secondary N) is 1. The van der Waals surface area contributed by atoms with E-state index in [1.54, 1.807) is 24.3 Å². The number of benzene rings is 3. The van der Waals surface area contributed by atoms with Gasteiger partial charge in [-0.1, -0.05) is 30.3 Å². The number of aliphatic carboxylic acids is 1. The monoisotopic (exact) mass is 466 g/mol. The zero-order valence-corrected chi connectivity index (χ0v) is 17.9. The minimum atomic E-state index is -4.10. The largest absolute Gasteiger partial charge is 0.506 e. The summed E-state index contributed by atoms with van der Waals surface area (Å²) in [5, 5.41) is 18.9. The quantitative estimate of drug-likeness (QED) is 0.359. The van der Waals surface area contributed by atoms with Gasteiger partial charge < -0.3 is 10.2 Å². The molecule has 3 aromatic rings. The lowest BCUT2D eigenvalue weighted by Crippen LogP contribution is -2.29. The second-order valence-corrected chi connectivity index (χ2v) is 9.10. The van der Waals surface area contributed by atoms with Gasteiger partial charge in [-0.15, -0.1) is 0 Å². The third-order valence-electron chi connectivity index (χ3n) is 5.11. The van der Waals surface area contributed by atoms with E-state index in [-0.39, 0.29) is 29.3 Å². The number of hydrogen-bond donors (Lipinski definition) is 3. The highest BCUT2D eigenvalue weighted by Crippen LogP contribution is 2.28. The molecule has 33 heavy (non-hydrogen) atoms. The molecular weight excluding hydrogens is 448 g/mol. The van der Waals surface area contributed by atoms with E-state index in [4.69, 9.17) is 5.11 Å². The summed E-state index contributed by atoms with van der Waals surface area (Å²) in [6, 6.07) is 16.0. The SMILES string of the molecule is O=C(O)Cc1ccc(O)c(NS(=O)(=O)c2ccc(CN3C(=O)c4ccccc4C3=O)cc2)c1. The van der Waals surface area contributed by atoms with Crippen LogP contribution in [0.5, 0.6) is 5.75 Å². The molecule has 0 radical (unpaired) electrons. The van der Waals surface area contributed by atoms with Crippen molar-refractivity contribution in [1.82, 2.24) is 4.90 Å². The number of rotatable bonds is 7. The first-order valence-electron chi connectivity index (χ1n) is 9.76. The van der Waals surface area contributed by atoms with Gasteiger partial charge in [-0.2, -0.15) is 0 Å². The summed E-state index contributed by atoms with van der Waals surface area (Å²) in [7, 11) is -4.10. The molecule has 3 aromatic carbocycles. The fraction of sp³-hybridized carbons (Fsp3) is 0.0870. The van der Waals surface area contributed by atoms with E-state index in [0.717, 1.165) is 4.90 Å². The summed E-state index contributed by atoms with van der Waals surface area (Å²) in [5.74, 6) is -2.27. The molecule has 2 amide bonds. The molecular formula is C23H18N2O7S. The number of carbonyl (C=O) groups excluding carboxylic acids is 2. The molecule has 10 heteroatoms. The summed E-state index contributed by atoms with van der Waals surface area (Å²) in [4.78, 5) is 36.9. The van der Waals surface area contributed by atoms with Crippen LogP contribution in [0.4, 0.5) is 5.69 Å². The fourth-order valence-corrected chi connectivity index (χ4v) is 4.56. The minimum absolute atomic E-state index is 0.0157. The van der Waals surface area contributed by atoms with E-state index < -0.39 is 27.8 Å². The lowest BCUT2D eigenvalue weighted by Gasteiger charge is -2.15. The van der Waals surface area contributed by atoms with E-state index >= 15 is 0 Å². The molecule has 1 aliphatic heterocycles. The Balaban J connectivity index is 1.51. The number of carboxylic acids is 1. The number of fused-ring (bicyclic) bond motifs is 1. The van der Waals surface area contributed by atoms with Crippen LogP contribution in [0, 0.1) is 0 Å². The summed E-state index contributed by atoms with van der Waals surface area (Å²) in [6.45, 7) is -0.0157. The van der Waals surface area contributed by atoms with Gasteiger partial charge in [0, 0.05) is 0 Å². The number of hydrogen-bond acceptors (Lipinski definition) is 6. The number of sulfonamides is 1. The molecule has 4 rings (SSSR count). The Morgan fingerprint density at radius 1 is 0.879 bits per heavy atom. The summed E-state index contributed by atoms with van der Waals surface area (Å²) in [5.41, 5.74) is 1.37. The van der Waals surface area contributed by atoms with Crippen molar-refractivity contribution in [2.75, 3.05) is 4.72 Å². The molecule has 9 nitrogen and oxygen atoms in total. The number of aromatic hydroxyl groups is 1. The van der Waals surface area contributed by atoms with Gasteiger partial charge >= 0.3 is 5.97 Å². The van der Waals surface area contributed by atoms with Crippen LogP contribution in [0.25, 0.3) is 0 Å². The van der Waals surface area contributed by atoms with Gasteiger partial charge in [-0.05, 0) is 47.5 Å². The molecule has 1 heterocycles. The second-order valence-electron chi connectivity index (χ2n) is 7.41. The van der Waals surface area contributed by atoms with E-state index in [0.29, 0.717) is 22.3 Å². The van der Waals surface area contributed by atoms with Crippen LogP contribution in [0.2, 0.25) is 0 Å². The Bertz CT molecular complexity index is 1350. The second kappa shape index (κ2) is 8.40. The lowest BCUT2D eigenvalue weighted by atomic mass is 10.1. The van der Waals surface area contributed by atoms with Crippen LogP contribution >= 0.6 is 0 Å². The molecule has 0 saturated heterocycles. The minimum Gasteiger partial charge on any atom is -0.506 e. The van der Waals surface area contributed by atoms with Crippen molar-refractivity contribution in [3.63, 3.8) is 0 Å². The number of amides is 2. The first kappa shape index (κ1) is 22.0. The Morgan fingerprint density at radius 2 is 1.45 bits per heavy atom. The van der Waals surface area contributed by atoms with Crippen molar-refractivity contribution in [3.8, 4) is 5.75 Å². The topological polar surface area (TPSA) is 141 Å². The van der Waals surface area contributed by atoms with Crippen LogP contribution in [-0.2, 0) is 27.8 Å². The third-order valence-corrected chi connectivity index (χ3v) is 6.49. The predicted octanol–water partition coefficient (Wildman–Crippen LogP) is 2.62. The molecule has 0 aliphatic carbocycles. The van der Waals surface area contributed by atoms with Gasteiger partial charge in [0.1, 0.15) is 5.75 Å². The van der Waals surface area contributed by atoms with Crippen LogP contribution in [-0.4, -0.2) is 41.3 Å².